The highest BCUT2D eigenvalue weighted by atomic mass is 16.1. The van der Waals surface area contributed by atoms with E-state index in [9.17, 15) is 4.79 Å². The van der Waals surface area contributed by atoms with E-state index in [-0.39, 0.29) is 11.8 Å². The van der Waals surface area contributed by atoms with Crippen molar-refractivity contribution in [2.45, 2.75) is 77.2 Å². The molecule has 1 atom stereocenters. The summed E-state index contributed by atoms with van der Waals surface area (Å²) >= 11 is 0. The smallest absolute Gasteiger partial charge is 0.185 e. The van der Waals surface area contributed by atoms with Crippen LogP contribution in [0.3, 0.4) is 0 Å². The van der Waals surface area contributed by atoms with Crippen LogP contribution < -0.4 is 0 Å². The molecule has 3 nitrogen and oxygen atoms in total. The molecule has 0 saturated carbocycles. The van der Waals surface area contributed by atoms with Crippen LogP contribution in [-0.2, 0) is 0 Å². The number of benzene rings is 1. The highest BCUT2D eigenvalue weighted by molar-refractivity contribution is 5.98. The third-order valence-electron chi connectivity index (χ3n) is 4.83. The molecular formula is C22H32N2O. The Morgan fingerprint density at radius 2 is 1.60 bits per heavy atom. The van der Waals surface area contributed by atoms with E-state index in [1.54, 1.807) is 12.5 Å². The van der Waals surface area contributed by atoms with Crippen molar-refractivity contribution in [1.82, 2.24) is 9.55 Å². The minimum Gasteiger partial charge on any atom is -0.327 e. The Morgan fingerprint density at radius 1 is 0.960 bits per heavy atom. The highest BCUT2D eigenvalue weighted by Crippen LogP contribution is 2.22. The summed E-state index contributed by atoms with van der Waals surface area (Å²) in [5, 5.41) is 0. The van der Waals surface area contributed by atoms with Crippen LogP contribution in [0.1, 0.15) is 87.5 Å². The van der Waals surface area contributed by atoms with E-state index < -0.39 is 0 Å². The Bertz CT molecular complexity index is 577. The van der Waals surface area contributed by atoms with Crippen LogP contribution in [0.4, 0.5) is 0 Å². The molecule has 0 fully saturated rings. The van der Waals surface area contributed by atoms with Gasteiger partial charge in [-0.1, -0.05) is 95.0 Å². The summed E-state index contributed by atoms with van der Waals surface area (Å²) in [7, 11) is 0. The lowest BCUT2D eigenvalue weighted by Gasteiger charge is -2.17. The van der Waals surface area contributed by atoms with E-state index in [2.05, 4.69) is 11.9 Å². The summed E-state index contributed by atoms with van der Waals surface area (Å²) < 4.78 is 1.96. The van der Waals surface area contributed by atoms with Crippen LogP contribution in [0, 0.1) is 0 Å². The molecule has 136 valence electrons. The highest BCUT2D eigenvalue weighted by Gasteiger charge is 2.20. The third-order valence-corrected chi connectivity index (χ3v) is 4.83. The first-order chi connectivity index (χ1) is 12.3. The van der Waals surface area contributed by atoms with Gasteiger partial charge in [-0.2, -0.15) is 0 Å². The number of ketones is 1. The Hall–Kier alpha value is -1.90. The van der Waals surface area contributed by atoms with Crippen molar-refractivity contribution in [2.24, 2.45) is 0 Å². The molecule has 0 spiro atoms. The minimum atomic E-state index is -0.130. The summed E-state index contributed by atoms with van der Waals surface area (Å²) in [6.45, 7) is 2.26. The predicted octanol–water partition coefficient (Wildman–Crippen LogP) is 6.23. The largest absolute Gasteiger partial charge is 0.327 e. The molecule has 0 radical (unpaired) electrons. The lowest BCUT2D eigenvalue weighted by molar-refractivity contribution is 0.0917. The first-order valence-corrected chi connectivity index (χ1v) is 9.89. The molecule has 0 saturated heterocycles. The van der Waals surface area contributed by atoms with Gasteiger partial charge in [0.05, 0.1) is 12.4 Å². The maximum Gasteiger partial charge on any atom is 0.185 e. The number of hydrogen-bond acceptors (Lipinski definition) is 2. The number of Topliss-reactive ketones (excluding diaryl/α,β-unsaturated/α-hetero) is 1. The van der Waals surface area contributed by atoms with E-state index in [0.29, 0.717) is 0 Å². The number of unbranched alkanes of at least 4 members (excludes halogenated alkanes) is 8. The topological polar surface area (TPSA) is 34.9 Å². The molecule has 25 heavy (non-hydrogen) atoms. The second-order valence-corrected chi connectivity index (χ2v) is 6.87. The summed E-state index contributed by atoms with van der Waals surface area (Å²) in [5.41, 5.74) is 0.789. The Labute approximate surface area is 152 Å². The maximum atomic E-state index is 12.9. The van der Waals surface area contributed by atoms with Gasteiger partial charge in [0, 0.05) is 18.0 Å². The van der Waals surface area contributed by atoms with Crippen molar-refractivity contribution >= 4 is 5.78 Å². The number of imidazole rings is 1. The van der Waals surface area contributed by atoms with Gasteiger partial charge in [0.1, 0.15) is 0 Å². The molecule has 1 unspecified atom stereocenters. The van der Waals surface area contributed by atoms with Crippen molar-refractivity contribution < 1.29 is 4.79 Å². The van der Waals surface area contributed by atoms with E-state index >= 15 is 0 Å². The standard InChI is InChI=1S/C22H32N2O/c1-2-3-4-5-6-7-8-9-13-16-21(24-18-17-23-19-24)22(25)20-14-11-10-12-15-20/h10-12,14-15,17-19,21H,2-9,13,16H2,1H3. The SMILES string of the molecule is CCCCCCCCCCCC(C(=O)c1ccccc1)n1ccnc1. The molecule has 0 amide bonds. The quantitative estimate of drug-likeness (QED) is 0.320. The van der Waals surface area contributed by atoms with Gasteiger partial charge >= 0.3 is 0 Å². The van der Waals surface area contributed by atoms with Gasteiger partial charge in [-0.25, -0.2) is 4.98 Å². The fourth-order valence-corrected chi connectivity index (χ4v) is 3.31. The molecule has 0 bridgehead atoms. The second kappa shape index (κ2) is 11.6. The van der Waals surface area contributed by atoms with E-state index in [4.69, 9.17) is 0 Å². The van der Waals surface area contributed by atoms with E-state index in [0.717, 1.165) is 18.4 Å². The molecule has 2 aromatic rings. The summed E-state index contributed by atoms with van der Waals surface area (Å²) in [6, 6.07) is 9.48. The molecule has 1 heterocycles. The van der Waals surface area contributed by atoms with Gasteiger partial charge < -0.3 is 4.57 Å². The fraction of sp³-hybridized carbons (Fsp3) is 0.545. The van der Waals surface area contributed by atoms with Crippen LogP contribution in [0.5, 0.6) is 0 Å². The van der Waals surface area contributed by atoms with E-state index in [1.807, 2.05) is 41.1 Å². The molecule has 3 heteroatoms. The number of nitrogens with zero attached hydrogens (tertiary/aromatic N) is 2. The van der Waals surface area contributed by atoms with Gasteiger partial charge in [0.15, 0.2) is 5.78 Å². The summed E-state index contributed by atoms with van der Waals surface area (Å²) in [5.74, 6) is 0.193. The van der Waals surface area contributed by atoms with Gasteiger partial charge in [-0.3, -0.25) is 4.79 Å². The van der Waals surface area contributed by atoms with Crippen molar-refractivity contribution in [3.05, 3.63) is 54.6 Å². The lowest BCUT2D eigenvalue weighted by atomic mass is 9.98. The minimum absolute atomic E-state index is 0.130. The number of carbonyl (C=O) groups is 1. The zero-order valence-corrected chi connectivity index (χ0v) is 15.6. The third kappa shape index (κ3) is 6.85. The van der Waals surface area contributed by atoms with Crippen LogP contribution in [0.25, 0.3) is 0 Å². The van der Waals surface area contributed by atoms with Crippen LogP contribution in [-0.4, -0.2) is 15.3 Å². The molecule has 0 aliphatic carbocycles. The van der Waals surface area contributed by atoms with Crippen molar-refractivity contribution in [1.29, 1.82) is 0 Å². The summed E-state index contributed by atoms with van der Waals surface area (Å²) in [4.78, 5) is 17.0. The molecule has 0 aliphatic heterocycles. The number of rotatable bonds is 13. The first kappa shape index (κ1) is 19.4. The Kier molecular flexibility index (Phi) is 9.03. The fourth-order valence-electron chi connectivity index (χ4n) is 3.31. The van der Waals surface area contributed by atoms with E-state index in [1.165, 1.54) is 51.4 Å². The number of aromatic nitrogens is 2. The molecule has 2 rings (SSSR count). The average molecular weight is 341 g/mol. The van der Waals surface area contributed by atoms with Gasteiger partial charge in [-0.15, -0.1) is 0 Å². The normalized spacial score (nSPS) is 12.2. The van der Waals surface area contributed by atoms with Gasteiger partial charge in [0.25, 0.3) is 0 Å². The molecule has 1 aromatic carbocycles. The predicted molar refractivity (Wildman–Crippen MR) is 104 cm³/mol. The van der Waals surface area contributed by atoms with Crippen LogP contribution in [0.15, 0.2) is 49.1 Å². The maximum absolute atomic E-state index is 12.9. The van der Waals surface area contributed by atoms with Crippen molar-refractivity contribution in [3.8, 4) is 0 Å². The van der Waals surface area contributed by atoms with Gasteiger partial charge in [-0.05, 0) is 6.42 Å². The first-order valence-electron chi connectivity index (χ1n) is 9.89. The molecule has 1 aromatic heterocycles. The molecule has 0 N–H and O–H groups in total. The molecular weight excluding hydrogens is 308 g/mol. The van der Waals surface area contributed by atoms with Crippen LogP contribution >= 0.6 is 0 Å². The second-order valence-electron chi connectivity index (χ2n) is 6.87. The number of carbonyl (C=O) groups excluding carboxylic acids is 1. The van der Waals surface area contributed by atoms with Crippen molar-refractivity contribution in [2.75, 3.05) is 0 Å². The lowest BCUT2D eigenvalue weighted by Crippen LogP contribution is -2.18. The zero-order chi connectivity index (χ0) is 17.7. The monoisotopic (exact) mass is 340 g/mol. The average Bonchev–Trinajstić information content (AvgIpc) is 3.18. The molecule has 0 aliphatic rings. The Balaban J connectivity index is 1.76. The number of hydrogen-bond donors (Lipinski definition) is 0. The summed E-state index contributed by atoms with van der Waals surface area (Å²) in [6.07, 6.45) is 18.0. The van der Waals surface area contributed by atoms with Crippen molar-refractivity contribution in [3.63, 3.8) is 0 Å². The Morgan fingerprint density at radius 3 is 2.20 bits per heavy atom. The van der Waals surface area contributed by atoms with Gasteiger partial charge in [0.2, 0.25) is 0 Å². The zero-order valence-electron chi connectivity index (χ0n) is 15.6. The van der Waals surface area contributed by atoms with Crippen LogP contribution in [0.2, 0.25) is 0 Å².